The van der Waals surface area contributed by atoms with Crippen LogP contribution in [0.15, 0.2) is 64.2 Å². The molecule has 0 saturated heterocycles. The Kier molecular flexibility index (Phi) is 6.13. The van der Waals surface area contributed by atoms with E-state index in [4.69, 9.17) is 4.52 Å². The first-order valence-electron chi connectivity index (χ1n) is 11.7. The topological polar surface area (TPSA) is 108 Å². The molecule has 0 aliphatic carbocycles. The van der Waals surface area contributed by atoms with Gasteiger partial charge in [-0.2, -0.15) is 4.98 Å². The number of aryl methyl sites for hydroxylation is 2. The van der Waals surface area contributed by atoms with E-state index in [2.05, 4.69) is 27.4 Å². The summed E-state index contributed by atoms with van der Waals surface area (Å²) in [5.74, 6) is 0.725. The highest BCUT2D eigenvalue weighted by Crippen LogP contribution is 2.25. The monoisotopic (exact) mass is 470 g/mol. The zero-order valence-electron chi connectivity index (χ0n) is 19.7. The third kappa shape index (κ3) is 4.44. The first-order chi connectivity index (χ1) is 17.1. The number of rotatable bonds is 8. The molecule has 2 aromatic carbocycles. The number of carbonyl (C=O) groups is 1. The summed E-state index contributed by atoms with van der Waals surface area (Å²) in [6.07, 6.45) is 4.02. The maximum atomic E-state index is 13.5. The van der Waals surface area contributed by atoms with Crippen LogP contribution in [0.25, 0.3) is 21.9 Å². The third-order valence-corrected chi connectivity index (χ3v) is 5.97. The van der Waals surface area contributed by atoms with Crippen molar-refractivity contribution in [2.45, 2.75) is 46.2 Å². The van der Waals surface area contributed by atoms with Gasteiger partial charge in [-0.1, -0.05) is 49.3 Å². The zero-order valence-corrected chi connectivity index (χ0v) is 19.7. The van der Waals surface area contributed by atoms with Gasteiger partial charge >= 0.3 is 0 Å². The SMILES string of the molecule is CCCc1noc(Cn2cnc3c4ccccc4n(CC(=O)Nc4ccc(CC)cc4)c3c2=O)n1. The molecular weight excluding hydrogens is 444 g/mol. The normalized spacial score (nSPS) is 11.4. The second kappa shape index (κ2) is 9.54. The van der Waals surface area contributed by atoms with Crippen molar-refractivity contribution in [2.75, 3.05) is 5.32 Å². The number of hydrogen-bond acceptors (Lipinski definition) is 6. The van der Waals surface area contributed by atoms with Crippen molar-refractivity contribution >= 4 is 33.5 Å². The molecule has 35 heavy (non-hydrogen) atoms. The van der Waals surface area contributed by atoms with E-state index in [9.17, 15) is 9.59 Å². The van der Waals surface area contributed by atoms with E-state index in [0.29, 0.717) is 34.9 Å². The predicted octanol–water partition coefficient (Wildman–Crippen LogP) is 3.94. The van der Waals surface area contributed by atoms with Crippen molar-refractivity contribution in [1.29, 1.82) is 0 Å². The van der Waals surface area contributed by atoms with Gasteiger partial charge in [0, 0.05) is 17.5 Å². The highest BCUT2D eigenvalue weighted by molar-refractivity contribution is 6.06. The average molecular weight is 471 g/mol. The van der Waals surface area contributed by atoms with Crippen molar-refractivity contribution < 1.29 is 9.32 Å². The minimum absolute atomic E-state index is 0.0261. The van der Waals surface area contributed by atoms with Crippen molar-refractivity contribution in [2.24, 2.45) is 0 Å². The molecule has 5 rings (SSSR count). The molecule has 1 N–H and O–H groups in total. The molecule has 178 valence electrons. The maximum absolute atomic E-state index is 13.5. The molecule has 0 atom stereocenters. The Bertz CT molecular complexity index is 1560. The first kappa shape index (κ1) is 22.5. The Morgan fingerprint density at radius 2 is 1.89 bits per heavy atom. The fourth-order valence-corrected chi connectivity index (χ4v) is 4.22. The fraction of sp³-hybridized carbons (Fsp3) is 0.269. The van der Waals surface area contributed by atoms with Gasteiger partial charge in [0.25, 0.3) is 5.56 Å². The quantitative estimate of drug-likeness (QED) is 0.368. The van der Waals surface area contributed by atoms with Gasteiger partial charge < -0.3 is 14.4 Å². The summed E-state index contributed by atoms with van der Waals surface area (Å²) in [5, 5.41) is 7.70. The van der Waals surface area contributed by atoms with Crippen LogP contribution in [0.1, 0.15) is 37.5 Å². The van der Waals surface area contributed by atoms with Crippen LogP contribution in [0, 0.1) is 0 Å². The lowest BCUT2D eigenvalue weighted by Crippen LogP contribution is -2.25. The van der Waals surface area contributed by atoms with Gasteiger partial charge in [-0.3, -0.25) is 14.2 Å². The average Bonchev–Trinajstić information content (AvgIpc) is 3.44. The Morgan fingerprint density at radius 3 is 2.66 bits per heavy atom. The lowest BCUT2D eigenvalue weighted by molar-refractivity contribution is -0.116. The van der Waals surface area contributed by atoms with Gasteiger partial charge in [0.05, 0.1) is 11.8 Å². The summed E-state index contributed by atoms with van der Waals surface area (Å²) >= 11 is 0. The summed E-state index contributed by atoms with van der Waals surface area (Å²) in [6.45, 7) is 4.20. The van der Waals surface area contributed by atoms with Crippen LogP contribution in [0.5, 0.6) is 0 Å². The van der Waals surface area contributed by atoms with Crippen molar-refractivity contribution in [3.63, 3.8) is 0 Å². The molecule has 9 nitrogen and oxygen atoms in total. The molecular formula is C26H26N6O3. The summed E-state index contributed by atoms with van der Waals surface area (Å²) in [5.41, 5.74) is 3.31. The van der Waals surface area contributed by atoms with Gasteiger partial charge in [0.15, 0.2) is 5.82 Å². The number of fused-ring (bicyclic) bond motifs is 3. The smallest absolute Gasteiger partial charge is 0.278 e. The van der Waals surface area contributed by atoms with Crippen LogP contribution < -0.4 is 10.9 Å². The summed E-state index contributed by atoms with van der Waals surface area (Å²) in [6, 6.07) is 15.3. The zero-order chi connectivity index (χ0) is 24.4. The molecule has 0 unspecified atom stereocenters. The standard InChI is InChI=1S/C26H26N6O3/c1-3-7-21-29-23(35-30-21)15-31-16-27-24-19-8-5-6-9-20(19)32(25(24)26(31)34)14-22(33)28-18-12-10-17(4-2)11-13-18/h5-6,8-13,16H,3-4,7,14-15H2,1-2H3,(H,28,33). The van der Waals surface area contributed by atoms with Gasteiger partial charge in [0.2, 0.25) is 11.8 Å². The Labute approximate surface area is 201 Å². The molecule has 0 saturated carbocycles. The lowest BCUT2D eigenvalue weighted by atomic mass is 10.1. The molecule has 0 spiro atoms. The fourth-order valence-electron chi connectivity index (χ4n) is 4.22. The van der Waals surface area contributed by atoms with Crippen LogP contribution in [0.2, 0.25) is 0 Å². The summed E-state index contributed by atoms with van der Waals surface area (Å²) in [7, 11) is 0. The van der Waals surface area contributed by atoms with Crippen LogP contribution in [0.4, 0.5) is 5.69 Å². The van der Waals surface area contributed by atoms with Crippen LogP contribution in [-0.4, -0.2) is 30.2 Å². The number of aromatic nitrogens is 5. The molecule has 9 heteroatoms. The van der Waals surface area contributed by atoms with Gasteiger partial charge in [0.1, 0.15) is 24.1 Å². The molecule has 5 aromatic rings. The maximum Gasteiger partial charge on any atom is 0.278 e. The number of nitrogens with zero attached hydrogens (tertiary/aromatic N) is 5. The second-order valence-electron chi connectivity index (χ2n) is 8.43. The molecule has 3 aromatic heterocycles. The van der Waals surface area contributed by atoms with Gasteiger partial charge in [-0.05, 0) is 36.6 Å². The Hall–Kier alpha value is -4.27. The van der Waals surface area contributed by atoms with Crippen molar-refractivity contribution in [3.8, 4) is 0 Å². The molecule has 0 bridgehead atoms. The van der Waals surface area contributed by atoms with E-state index in [1.165, 1.54) is 16.5 Å². The highest BCUT2D eigenvalue weighted by Gasteiger charge is 2.19. The first-order valence-corrected chi connectivity index (χ1v) is 11.7. The number of para-hydroxylation sites is 1. The van der Waals surface area contributed by atoms with E-state index < -0.39 is 0 Å². The number of amides is 1. The molecule has 0 radical (unpaired) electrons. The number of hydrogen-bond donors (Lipinski definition) is 1. The molecule has 0 aliphatic heterocycles. The van der Waals surface area contributed by atoms with Crippen molar-refractivity contribution in [3.05, 3.63) is 82.5 Å². The summed E-state index contributed by atoms with van der Waals surface area (Å²) < 4.78 is 8.46. The van der Waals surface area contributed by atoms with E-state index in [-0.39, 0.29) is 24.6 Å². The van der Waals surface area contributed by atoms with Crippen LogP contribution >= 0.6 is 0 Å². The Balaban J connectivity index is 1.51. The lowest BCUT2D eigenvalue weighted by Gasteiger charge is -2.10. The number of carbonyl (C=O) groups excluding carboxylic acids is 1. The van der Waals surface area contributed by atoms with Crippen molar-refractivity contribution in [1.82, 2.24) is 24.3 Å². The minimum atomic E-state index is -0.276. The number of nitrogens with one attached hydrogen (secondary N) is 1. The molecule has 1 amide bonds. The number of benzene rings is 2. The van der Waals surface area contributed by atoms with E-state index in [1.54, 1.807) is 4.57 Å². The summed E-state index contributed by atoms with van der Waals surface area (Å²) in [4.78, 5) is 35.4. The van der Waals surface area contributed by atoms with Gasteiger partial charge in [-0.15, -0.1) is 0 Å². The molecule has 0 aliphatic rings. The van der Waals surface area contributed by atoms with Gasteiger partial charge in [-0.25, -0.2) is 4.98 Å². The number of anilines is 1. The van der Waals surface area contributed by atoms with Crippen LogP contribution in [-0.2, 0) is 30.7 Å². The van der Waals surface area contributed by atoms with E-state index in [1.807, 2.05) is 55.5 Å². The second-order valence-corrected chi connectivity index (χ2v) is 8.43. The predicted molar refractivity (Wildman–Crippen MR) is 133 cm³/mol. The minimum Gasteiger partial charge on any atom is -0.337 e. The van der Waals surface area contributed by atoms with E-state index >= 15 is 0 Å². The molecule has 3 heterocycles. The third-order valence-electron chi connectivity index (χ3n) is 5.97. The highest BCUT2D eigenvalue weighted by atomic mass is 16.5. The van der Waals surface area contributed by atoms with E-state index in [0.717, 1.165) is 23.7 Å². The largest absolute Gasteiger partial charge is 0.337 e. The molecule has 0 fully saturated rings. The Morgan fingerprint density at radius 1 is 1.09 bits per heavy atom. The van der Waals surface area contributed by atoms with Crippen LogP contribution in [0.3, 0.4) is 0 Å².